The number of nitro groups is 1. The first-order valence-electron chi connectivity index (χ1n) is 6.81. The number of nitrogens with one attached hydrogen (secondary N) is 1. The summed E-state index contributed by atoms with van der Waals surface area (Å²) in [5.74, 6) is 0. The van der Waals surface area contributed by atoms with Gasteiger partial charge in [0, 0.05) is 25.0 Å². The van der Waals surface area contributed by atoms with Crippen LogP contribution in [0, 0.1) is 10.1 Å². The fourth-order valence-electron chi connectivity index (χ4n) is 2.27. The maximum atomic E-state index is 11.0. The molecule has 0 spiro atoms. The SMILES string of the molecule is O=[N+]([O-])c1ccccc1NCc1ccccc1-n1cccn1. The van der Waals surface area contributed by atoms with Crippen molar-refractivity contribution in [3.05, 3.63) is 82.7 Å². The van der Waals surface area contributed by atoms with Crippen LogP contribution < -0.4 is 5.32 Å². The largest absolute Gasteiger partial charge is 0.375 e. The lowest BCUT2D eigenvalue weighted by Gasteiger charge is -2.11. The average Bonchev–Trinajstić information content (AvgIpc) is 3.07. The van der Waals surface area contributed by atoms with Gasteiger partial charge in [0.15, 0.2) is 0 Å². The highest BCUT2D eigenvalue weighted by Crippen LogP contribution is 2.24. The van der Waals surface area contributed by atoms with E-state index in [-0.39, 0.29) is 10.6 Å². The number of nitrogens with zero attached hydrogens (tertiary/aromatic N) is 3. The number of anilines is 1. The molecule has 0 aliphatic heterocycles. The van der Waals surface area contributed by atoms with Crippen LogP contribution in [0.15, 0.2) is 67.0 Å². The molecule has 0 atom stereocenters. The first-order chi connectivity index (χ1) is 10.8. The van der Waals surface area contributed by atoms with Gasteiger partial charge in [0.2, 0.25) is 0 Å². The molecule has 2 aromatic carbocycles. The van der Waals surface area contributed by atoms with E-state index in [1.54, 1.807) is 29.1 Å². The molecule has 1 aromatic heterocycles. The third-order valence-corrected chi connectivity index (χ3v) is 3.31. The highest BCUT2D eigenvalue weighted by molar-refractivity contribution is 5.61. The molecule has 1 heterocycles. The number of nitro benzene ring substituents is 1. The molecule has 1 N–H and O–H groups in total. The van der Waals surface area contributed by atoms with Gasteiger partial charge in [-0.15, -0.1) is 0 Å². The highest BCUT2D eigenvalue weighted by atomic mass is 16.6. The van der Waals surface area contributed by atoms with E-state index in [4.69, 9.17) is 0 Å². The molecule has 110 valence electrons. The maximum Gasteiger partial charge on any atom is 0.292 e. The van der Waals surface area contributed by atoms with Crippen molar-refractivity contribution in [3.63, 3.8) is 0 Å². The minimum Gasteiger partial charge on any atom is -0.375 e. The topological polar surface area (TPSA) is 73.0 Å². The van der Waals surface area contributed by atoms with Gasteiger partial charge in [-0.25, -0.2) is 4.68 Å². The summed E-state index contributed by atoms with van der Waals surface area (Å²) in [6.45, 7) is 0.473. The van der Waals surface area contributed by atoms with Crippen molar-refractivity contribution in [1.82, 2.24) is 9.78 Å². The molecule has 0 bridgehead atoms. The Labute approximate surface area is 127 Å². The van der Waals surface area contributed by atoms with Crippen molar-refractivity contribution in [2.75, 3.05) is 5.32 Å². The smallest absolute Gasteiger partial charge is 0.292 e. The Morgan fingerprint density at radius 2 is 1.86 bits per heavy atom. The number of hydrogen-bond acceptors (Lipinski definition) is 4. The summed E-state index contributed by atoms with van der Waals surface area (Å²) < 4.78 is 1.77. The average molecular weight is 294 g/mol. The number of hydrogen-bond donors (Lipinski definition) is 1. The molecule has 6 heteroatoms. The van der Waals surface area contributed by atoms with E-state index < -0.39 is 0 Å². The molecule has 0 fully saturated rings. The summed E-state index contributed by atoms with van der Waals surface area (Å²) in [7, 11) is 0. The summed E-state index contributed by atoms with van der Waals surface area (Å²) in [6, 6.07) is 16.3. The lowest BCUT2D eigenvalue weighted by Crippen LogP contribution is -2.06. The van der Waals surface area contributed by atoms with Gasteiger partial charge in [-0.3, -0.25) is 10.1 Å². The van der Waals surface area contributed by atoms with Crippen molar-refractivity contribution in [1.29, 1.82) is 0 Å². The molecule has 0 unspecified atom stereocenters. The second kappa shape index (κ2) is 6.09. The molecule has 0 amide bonds. The molecule has 0 radical (unpaired) electrons. The quantitative estimate of drug-likeness (QED) is 0.578. The fraction of sp³-hybridized carbons (Fsp3) is 0.0625. The van der Waals surface area contributed by atoms with Gasteiger partial charge < -0.3 is 5.32 Å². The standard InChI is InChI=1S/C16H14N4O2/c21-20(22)16-9-4-2-7-14(16)17-12-13-6-1-3-8-15(13)19-11-5-10-18-19/h1-11,17H,12H2. The molecule has 6 nitrogen and oxygen atoms in total. The molecular formula is C16H14N4O2. The van der Waals surface area contributed by atoms with Crippen LogP contribution in [0.5, 0.6) is 0 Å². The molecule has 3 aromatic rings. The van der Waals surface area contributed by atoms with E-state index in [2.05, 4.69) is 10.4 Å². The Hall–Kier alpha value is -3.15. The van der Waals surface area contributed by atoms with E-state index >= 15 is 0 Å². The molecule has 0 saturated carbocycles. The van der Waals surface area contributed by atoms with Gasteiger partial charge in [-0.2, -0.15) is 5.10 Å². The Kier molecular flexibility index (Phi) is 3.82. The lowest BCUT2D eigenvalue weighted by molar-refractivity contribution is -0.384. The van der Waals surface area contributed by atoms with Gasteiger partial charge in [0.1, 0.15) is 5.69 Å². The summed E-state index contributed by atoms with van der Waals surface area (Å²) in [4.78, 5) is 10.7. The van der Waals surface area contributed by atoms with Crippen LogP contribution in [0.4, 0.5) is 11.4 Å². The summed E-state index contributed by atoms with van der Waals surface area (Å²) in [5, 5.41) is 18.4. The van der Waals surface area contributed by atoms with Crippen LogP contribution in [0.2, 0.25) is 0 Å². The Bertz CT molecular complexity index is 784. The molecule has 0 saturated heterocycles. The zero-order valence-electron chi connectivity index (χ0n) is 11.7. The van der Waals surface area contributed by atoms with Crippen molar-refractivity contribution in [2.24, 2.45) is 0 Å². The Morgan fingerprint density at radius 1 is 1.09 bits per heavy atom. The summed E-state index contributed by atoms with van der Waals surface area (Å²) in [5.41, 5.74) is 2.52. The first kappa shape index (κ1) is 13.8. The zero-order chi connectivity index (χ0) is 15.4. The Morgan fingerprint density at radius 3 is 2.64 bits per heavy atom. The molecule has 22 heavy (non-hydrogen) atoms. The van der Waals surface area contributed by atoms with Crippen LogP contribution >= 0.6 is 0 Å². The fourth-order valence-corrected chi connectivity index (χ4v) is 2.27. The van der Waals surface area contributed by atoms with Crippen LogP contribution in [-0.2, 0) is 6.54 Å². The third-order valence-electron chi connectivity index (χ3n) is 3.31. The van der Waals surface area contributed by atoms with Crippen LogP contribution in [0.1, 0.15) is 5.56 Å². The molecule has 0 aliphatic rings. The van der Waals surface area contributed by atoms with Crippen LogP contribution in [-0.4, -0.2) is 14.7 Å². The highest BCUT2D eigenvalue weighted by Gasteiger charge is 2.12. The zero-order valence-corrected chi connectivity index (χ0v) is 11.7. The van der Waals surface area contributed by atoms with Gasteiger partial charge >= 0.3 is 0 Å². The predicted molar refractivity (Wildman–Crippen MR) is 84.0 cm³/mol. The van der Waals surface area contributed by atoms with Crippen LogP contribution in [0.3, 0.4) is 0 Å². The summed E-state index contributed by atoms with van der Waals surface area (Å²) in [6.07, 6.45) is 3.58. The van der Waals surface area contributed by atoms with Crippen molar-refractivity contribution < 1.29 is 4.92 Å². The number of aromatic nitrogens is 2. The van der Waals surface area contributed by atoms with Gasteiger partial charge in [0.05, 0.1) is 10.6 Å². The number of para-hydroxylation sites is 3. The first-order valence-corrected chi connectivity index (χ1v) is 6.81. The van der Waals surface area contributed by atoms with Crippen molar-refractivity contribution >= 4 is 11.4 Å². The van der Waals surface area contributed by atoms with E-state index in [1.807, 2.05) is 36.5 Å². The second-order valence-corrected chi connectivity index (χ2v) is 4.71. The lowest BCUT2D eigenvalue weighted by atomic mass is 10.1. The van der Waals surface area contributed by atoms with Gasteiger partial charge in [0.25, 0.3) is 5.69 Å². The van der Waals surface area contributed by atoms with E-state index in [9.17, 15) is 10.1 Å². The van der Waals surface area contributed by atoms with E-state index in [1.165, 1.54) is 6.07 Å². The molecule has 3 rings (SSSR count). The van der Waals surface area contributed by atoms with Crippen molar-refractivity contribution in [2.45, 2.75) is 6.54 Å². The van der Waals surface area contributed by atoms with E-state index in [0.29, 0.717) is 12.2 Å². The minimum absolute atomic E-state index is 0.0686. The van der Waals surface area contributed by atoms with Crippen LogP contribution in [0.25, 0.3) is 5.69 Å². The molecule has 0 aliphatic carbocycles. The number of rotatable bonds is 5. The third kappa shape index (κ3) is 2.80. The minimum atomic E-state index is -0.387. The van der Waals surface area contributed by atoms with Gasteiger partial charge in [-0.05, 0) is 23.8 Å². The van der Waals surface area contributed by atoms with Gasteiger partial charge in [-0.1, -0.05) is 30.3 Å². The monoisotopic (exact) mass is 294 g/mol. The second-order valence-electron chi connectivity index (χ2n) is 4.71. The molecular weight excluding hydrogens is 280 g/mol. The number of benzene rings is 2. The van der Waals surface area contributed by atoms with Crippen molar-refractivity contribution in [3.8, 4) is 5.69 Å². The maximum absolute atomic E-state index is 11.0. The van der Waals surface area contributed by atoms with E-state index in [0.717, 1.165) is 11.3 Å². The summed E-state index contributed by atoms with van der Waals surface area (Å²) >= 11 is 0. The Balaban J connectivity index is 1.85. The normalized spacial score (nSPS) is 10.4. The predicted octanol–water partition coefficient (Wildman–Crippen LogP) is 3.39.